The van der Waals surface area contributed by atoms with Crippen LogP contribution in [0.15, 0.2) is 17.3 Å². The number of nitrogens with zero attached hydrogens (tertiary/aromatic N) is 3. The highest BCUT2D eigenvalue weighted by atomic mass is 127. The minimum atomic E-state index is 0. The van der Waals surface area contributed by atoms with E-state index in [1.54, 1.807) is 7.05 Å². The number of aromatic nitrogens is 2. The monoisotopic (exact) mass is 463 g/mol. The van der Waals surface area contributed by atoms with E-state index in [-0.39, 0.29) is 24.0 Å². The molecule has 25 heavy (non-hydrogen) atoms. The van der Waals surface area contributed by atoms with Crippen molar-refractivity contribution < 1.29 is 4.74 Å². The molecule has 0 radical (unpaired) electrons. The average molecular weight is 463 g/mol. The van der Waals surface area contributed by atoms with Crippen molar-refractivity contribution in [2.45, 2.75) is 64.0 Å². The van der Waals surface area contributed by atoms with Gasteiger partial charge in [0.25, 0.3) is 0 Å². The second kappa shape index (κ2) is 13.4. The van der Waals surface area contributed by atoms with Crippen LogP contribution < -0.4 is 10.6 Å². The molecular weight excluding hydrogens is 429 g/mol. The van der Waals surface area contributed by atoms with Crippen LogP contribution in [0.4, 0.5) is 0 Å². The molecule has 144 valence electrons. The lowest BCUT2D eigenvalue weighted by Crippen LogP contribution is -2.37. The zero-order valence-electron chi connectivity index (χ0n) is 15.7. The van der Waals surface area contributed by atoms with Crippen molar-refractivity contribution >= 4 is 29.9 Å². The molecule has 0 saturated heterocycles. The summed E-state index contributed by atoms with van der Waals surface area (Å²) in [6.45, 7) is 2.58. The minimum absolute atomic E-state index is 0. The van der Waals surface area contributed by atoms with Gasteiger partial charge in [-0.05, 0) is 38.2 Å². The molecule has 1 heterocycles. The summed E-state index contributed by atoms with van der Waals surface area (Å²) in [5, 5.41) is 10.8. The van der Waals surface area contributed by atoms with Crippen LogP contribution in [0.2, 0.25) is 0 Å². The number of guanidine groups is 1. The van der Waals surface area contributed by atoms with Gasteiger partial charge < -0.3 is 15.4 Å². The normalized spacial score (nSPS) is 15.7. The third-order valence-electron chi connectivity index (χ3n) is 4.60. The molecular formula is C18H34IN5O. The lowest BCUT2D eigenvalue weighted by Gasteiger charge is -2.21. The molecule has 1 fully saturated rings. The van der Waals surface area contributed by atoms with Crippen molar-refractivity contribution in [2.75, 3.05) is 20.2 Å². The van der Waals surface area contributed by atoms with Crippen molar-refractivity contribution in [1.82, 2.24) is 20.4 Å². The quantitative estimate of drug-likeness (QED) is 0.256. The Morgan fingerprint density at radius 3 is 2.72 bits per heavy atom. The van der Waals surface area contributed by atoms with Gasteiger partial charge in [0.05, 0.1) is 18.3 Å². The molecule has 0 aromatic carbocycles. The van der Waals surface area contributed by atoms with Gasteiger partial charge in [-0.25, -0.2) is 0 Å². The number of unbranched alkanes of at least 4 members (excludes halogenated alkanes) is 2. The lowest BCUT2D eigenvalue weighted by atomic mass is 9.98. The number of nitrogens with one attached hydrogen (secondary N) is 2. The molecule has 0 unspecified atom stereocenters. The van der Waals surface area contributed by atoms with E-state index in [1.807, 2.05) is 24.0 Å². The molecule has 0 amide bonds. The Bertz CT molecular complexity index is 486. The van der Waals surface area contributed by atoms with Gasteiger partial charge in [-0.15, -0.1) is 24.0 Å². The van der Waals surface area contributed by atoms with Crippen molar-refractivity contribution in [3.05, 3.63) is 18.0 Å². The summed E-state index contributed by atoms with van der Waals surface area (Å²) in [4.78, 5) is 4.25. The SMILES string of the molecule is CN=C(NCCCCCOC1CCCCC1)NCc1ccnn1C.I. The summed E-state index contributed by atoms with van der Waals surface area (Å²) in [5.74, 6) is 0.842. The third kappa shape index (κ3) is 8.89. The highest BCUT2D eigenvalue weighted by Crippen LogP contribution is 2.20. The first-order valence-electron chi connectivity index (χ1n) is 9.32. The Balaban J connectivity index is 0.00000312. The van der Waals surface area contributed by atoms with Crippen LogP contribution in [0.1, 0.15) is 57.1 Å². The van der Waals surface area contributed by atoms with Gasteiger partial charge in [-0.1, -0.05) is 19.3 Å². The predicted molar refractivity (Wildman–Crippen MR) is 114 cm³/mol. The van der Waals surface area contributed by atoms with Gasteiger partial charge in [-0.2, -0.15) is 5.10 Å². The fourth-order valence-electron chi connectivity index (χ4n) is 3.06. The molecule has 1 saturated carbocycles. The van der Waals surface area contributed by atoms with Gasteiger partial charge in [0.15, 0.2) is 5.96 Å². The number of aliphatic imine (C=N–C) groups is 1. The molecule has 1 aliphatic rings. The Hall–Kier alpha value is -0.830. The van der Waals surface area contributed by atoms with E-state index < -0.39 is 0 Å². The Labute approximate surface area is 169 Å². The summed E-state index contributed by atoms with van der Waals surface area (Å²) < 4.78 is 7.83. The van der Waals surface area contributed by atoms with E-state index in [1.165, 1.54) is 38.5 Å². The lowest BCUT2D eigenvalue weighted by molar-refractivity contribution is 0.0264. The van der Waals surface area contributed by atoms with E-state index in [0.29, 0.717) is 6.10 Å². The maximum Gasteiger partial charge on any atom is 0.191 e. The first-order valence-corrected chi connectivity index (χ1v) is 9.32. The smallest absolute Gasteiger partial charge is 0.191 e. The Kier molecular flexibility index (Phi) is 11.9. The third-order valence-corrected chi connectivity index (χ3v) is 4.60. The van der Waals surface area contributed by atoms with E-state index in [9.17, 15) is 0 Å². The van der Waals surface area contributed by atoms with Crippen LogP contribution in [0.3, 0.4) is 0 Å². The fraction of sp³-hybridized carbons (Fsp3) is 0.778. The molecule has 7 heteroatoms. The summed E-state index contributed by atoms with van der Waals surface area (Å²) in [6.07, 6.45) is 12.4. The largest absolute Gasteiger partial charge is 0.378 e. The maximum atomic E-state index is 5.96. The molecule has 1 aromatic rings. The maximum absolute atomic E-state index is 5.96. The number of hydrogen-bond acceptors (Lipinski definition) is 3. The second-order valence-corrected chi connectivity index (χ2v) is 6.49. The minimum Gasteiger partial charge on any atom is -0.378 e. The number of rotatable bonds is 9. The molecule has 1 aromatic heterocycles. The van der Waals surface area contributed by atoms with Gasteiger partial charge in [0.1, 0.15) is 0 Å². The molecule has 0 bridgehead atoms. The van der Waals surface area contributed by atoms with E-state index in [0.717, 1.165) is 44.2 Å². The topological polar surface area (TPSA) is 63.5 Å². The molecule has 2 N–H and O–H groups in total. The van der Waals surface area contributed by atoms with E-state index in [2.05, 4.69) is 20.7 Å². The number of halogens is 1. The summed E-state index contributed by atoms with van der Waals surface area (Å²) in [6, 6.07) is 2.01. The van der Waals surface area contributed by atoms with E-state index >= 15 is 0 Å². The molecule has 6 nitrogen and oxygen atoms in total. The average Bonchev–Trinajstić information content (AvgIpc) is 3.02. The zero-order chi connectivity index (χ0) is 17.0. The van der Waals surface area contributed by atoms with Gasteiger partial charge in [0, 0.05) is 33.4 Å². The first kappa shape index (κ1) is 22.2. The Morgan fingerprint density at radius 1 is 1.24 bits per heavy atom. The molecule has 0 atom stereocenters. The summed E-state index contributed by atoms with van der Waals surface area (Å²) in [7, 11) is 3.75. The van der Waals surface area contributed by atoms with E-state index in [4.69, 9.17) is 4.74 Å². The molecule has 0 aliphatic heterocycles. The van der Waals surface area contributed by atoms with Crippen molar-refractivity contribution in [1.29, 1.82) is 0 Å². The number of ether oxygens (including phenoxy) is 1. The van der Waals surface area contributed by atoms with Crippen LogP contribution in [-0.2, 0) is 18.3 Å². The standard InChI is InChI=1S/C18H33N5O.HI/c1-19-18(21-15-16-11-13-22-23(16)2)20-12-7-4-8-14-24-17-9-5-3-6-10-17;/h11,13,17H,3-10,12,14-15H2,1-2H3,(H2,19,20,21);1H. The van der Waals surface area contributed by atoms with Crippen molar-refractivity contribution in [3.63, 3.8) is 0 Å². The predicted octanol–water partition coefficient (Wildman–Crippen LogP) is 3.22. The number of hydrogen-bond donors (Lipinski definition) is 2. The zero-order valence-corrected chi connectivity index (χ0v) is 18.0. The Morgan fingerprint density at radius 2 is 2.04 bits per heavy atom. The van der Waals surface area contributed by atoms with Crippen LogP contribution in [0, 0.1) is 0 Å². The molecule has 2 rings (SSSR count). The summed E-state index contributed by atoms with van der Waals surface area (Å²) in [5.41, 5.74) is 1.14. The second-order valence-electron chi connectivity index (χ2n) is 6.49. The van der Waals surface area contributed by atoms with Crippen LogP contribution in [-0.4, -0.2) is 42.0 Å². The van der Waals surface area contributed by atoms with Crippen LogP contribution in [0.5, 0.6) is 0 Å². The van der Waals surface area contributed by atoms with Gasteiger partial charge in [0.2, 0.25) is 0 Å². The van der Waals surface area contributed by atoms with Crippen molar-refractivity contribution in [2.24, 2.45) is 12.0 Å². The molecule has 0 spiro atoms. The fourth-order valence-corrected chi connectivity index (χ4v) is 3.06. The highest BCUT2D eigenvalue weighted by molar-refractivity contribution is 14.0. The highest BCUT2D eigenvalue weighted by Gasteiger charge is 2.12. The van der Waals surface area contributed by atoms with Crippen molar-refractivity contribution in [3.8, 4) is 0 Å². The summed E-state index contributed by atoms with van der Waals surface area (Å²) >= 11 is 0. The first-order chi connectivity index (χ1) is 11.8. The van der Waals surface area contributed by atoms with Gasteiger partial charge in [-0.3, -0.25) is 9.67 Å². The number of aryl methyl sites for hydroxylation is 1. The van der Waals surface area contributed by atoms with Crippen LogP contribution in [0.25, 0.3) is 0 Å². The van der Waals surface area contributed by atoms with Gasteiger partial charge >= 0.3 is 0 Å². The van der Waals surface area contributed by atoms with Crippen LogP contribution >= 0.6 is 24.0 Å². The molecule has 1 aliphatic carbocycles.